The highest BCUT2D eigenvalue weighted by Gasteiger charge is 2.44. The van der Waals surface area contributed by atoms with E-state index >= 15 is 0 Å². The molecule has 20 heavy (non-hydrogen) atoms. The summed E-state index contributed by atoms with van der Waals surface area (Å²) < 4.78 is 1.05. The summed E-state index contributed by atoms with van der Waals surface area (Å²) in [5.74, 6) is 0.744. The number of nitrogens with one attached hydrogen (secondary N) is 1. The van der Waals surface area contributed by atoms with Crippen LogP contribution in [0.5, 0.6) is 0 Å². The molecule has 0 radical (unpaired) electrons. The number of halogens is 1. The van der Waals surface area contributed by atoms with Crippen LogP contribution in [0.15, 0.2) is 22.7 Å². The van der Waals surface area contributed by atoms with Crippen LogP contribution in [0.2, 0.25) is 0 Å². The largest absolute Gasteiger partial charge is 0.352 e. The molecule has 1 spiro atoms. The molecule has 1 amide bonds. The Morgan fingerprint density at radius 2 is 2.00 bits per heavy atom. The Morgan fingerprint density at radius 3 is 2.60 bits per heavy atom. The van der Waals surface area contributed by atoms with E-state index in [4.69, 9.17) is 0 Å². The van der Waals surface area contributed by atoms with E-state index in [9.17, 15) is 4.79 Å². The molecule has 108 valence electrons. The van der Waals surface area contributed by atoms with Gasteiger partial charge in [-0.3, -0.25) is 4.79 Å². The number of rotatable bonds is 3. The first-order chi connectivity index (χ1) is 9.58. The number of carbonyl (C=O) groups is 1. The molecule has 0 unspecified atom stereocenters. The van der Waals surface area contributed by atoms with E-state index in [1.807, 2.05) is 25.1 Å². The van der Waals surface area contributed by atoms with Crippen LogP contribution in [0, 0.1) is 18.3 Å². The van der Waals surface area contributed by atoms with Crippen molar-refractivity contribution in [2.24, 2.45) is 11.3 Å². The van der Waals surface area contributed by atoms with Gasteiger partial charge in [-0.2, -0.15) is 0 Å². The number of carbonyl (C=O) groups excluding carboxylic acids is 1. The lowest BCUT2D eigenvalue weighted by atomic mass is 9.80. The first-order valence-electron chi connectivity index (χ1n) is 7.62. The molecule has 2 aliphatic rings. The molecule has 2 fully saturated rings. The zero-order chi connectivity index (χ0) is 14.2. The Bertz CT molecular complexity index is 512. The molecule has 0 bridgehead atoms. The third-order valence-corrected chi connectivity index (χ3v) is 5.98. The van der Waals surface area contributed by atoms with Crippen molar-refractivity contribution >= 4 is 21.8 Å². The molecule has 0 aliphatic heterocycles. The van der Waals surface area contributed by atoms with Crippen LogP contribution in [0.3, 0.4) is 0 Å². The molecule has 1 N–H and O–H groups in total. The zero-order valence-corrected chi connectivity index (χ0v) is 13.6. The predicted molar refractivity (Wildman–Crippen MR) is 84.8 cm³/mol. The summed E-state index contributed by atoms with van der Waals surface area (Å²) in [4.78, 5) is 12.2. The van der Waals surface area contributed by atoms with Crippen LogP contribution in [-0.2, 0) is 0 Å². The topological polar surface area (TPSA) is 29.1 Å². The smallest absolute Gasteiger partial charge is 0.251 e. The molecular formula is C17H22BrNO. The fourth-order valence-electron chi connectivity index (χ4n) is 3.30. The molecule has 2 aliphatic carbocycles. The monoisotopic (exact) mass is 335 g/mol. The second kappa shape index (κ2) is 5.51. The Hall–Kier alpha value is -0.830. The first kappa shape index (κ1) is 14.1. The number of aryl methyl sites for hydroxylation is 1. The first-order valence-corrected chi connectivity index (χ1v) is 8.42. The Morgan fingerprint density at radius 1 is 1.30 bits per heavy atom. The Labute approximate surface area is 129 Å². The summed E-state index contributed by atoms with van der Waals surface area (Å²) in [6.07, 6.45) is 8.24. The summed E-state index contributed by atoms with van der Waals surface area (Å²) in [7, 11) is 0. The average Bonchev–Trinajstić information content (AvgIpc) is 3.20. The van der Waals surface area contributed by atoms with Crippen molar-refractivity contribution in [2.45, 2.75) is 45.4 Å². The van der Waals surface area contributed by atoms with Gasteiger partial charge in [-0.1, -0.05) is 15.9 Å². The van der Waals surface area contributed by atoms with Crippen LogP contribution < -0.4 is 5.32 Å². The molecule has 2 nitrogen and oxygen atoms in total. The van der Waals surface area contributed by atoms with Crippen LogP contribution in [0.25, 0.3) is 0 Å². The highest BCUT2D eigenvalue weighted by Crippen LogP contribution is 2.56. The van der Waals surface area contributed by atoms with Crippen molar-refractivity contribution < 1.29 is 4.79 Å². The van der Waals surface area contributed by atoms with E-state index < -0.39 is 0 Å². The van der Waals surface area contributed by atoms with E-state index in [0.717, 1.165) is 27.6 Å². The minimum Gasteiger partial charge on any atom is -0.352 e. The van der Waals surface area contributed by atoms with Crippen LogP contribution in [-0.4, -0.2) is 12.5 Å². The molecular weight excluding hydrogens is 314 g/mol. The fraction of sp³-hybridized carbons (Fsp3) is 0.588. The number of hydrogen-bond donors (Lipinski definition) is 1. The SMILES string of the molecule is Cc1cc(C(=O)NCC2CCC3(CC2)CC3)ccc1Br. The van der Waals surface area contributed by atoms with Crippen LogP contribution in [0.4, 0.5) is 0 Å². The molecule has 0 aromatic heterocycles. The third-order valence-electron chi connectivity index (χ3n) is 5.09. The highest BCUT2D eigenvalue weighted by molar-refractivity contribution is 9.10. The van der Waals surface area contributed by atoms with E-state index in [0.29, 0.717) is 5.92 Å². The van der Waals surface area contributed by atoms with Crippen molar-refractivity contribution in [1.29, 1.82) is 0 Å². The van der Waals surface area contributed by atoms with E-state index in [2.05, 4.69) is 21.2 Å². The predicted octanol–water partition coefficient (Wildman–Crippen LogP) is 4.46. The van der Waals surface area contributed by atoms with Gasteiger partial charge in [0.15, 0.2) is 0 Å². The zero-order valence-electron chi connectivity index (χ0n) is 12.0. The van der Waals surface area contributed by atoms with Crippen molar-refractivity contribution in [2.75, 3.05) is 6.54 Å². The number of benzene rings is 1. The highest BCUT2D eigenvalue weighted by atomic mass is 79.9. The van der Waals surface area contributed by atoms with Gasteiger partial charge >= 0.3 is 0 Å². The van der Waals surface area contributed by atoms with Crippen molar-refractivity contribution in [3.63, 3.8) is 0 Å². The van der Waals surface area contributed by atoms with Gasteiger partial charge in [-0.25, -0.2) is 0 Å². The molecule has 0 atom stereocenters. The third kappa shape index (κ3) is 3.08. The molecule has 1 aromatic rings. The van der Waals surface area contributed by atoms with Crippen molar-refractivity contribution in [1.82, 2.24) is 5.32 Å². The lowest BCUT2D eigenvalue weighted by molar-refractivity contribution is 0.0940. The van der Waals surface area contributed by atoms with Crippen molar-refractivity contribution in [3.05, 3.63) is 33.8 Å². The fourth-order valence-corrected chi connectivity index (χ4v) is 3.54. The van der Waals surface area contributed by atoms with E-state index in [1.165, 1.54) is 38.5 Å². The summed E-state index contributed by atoms with van der Waals surface area (Å²) in [5, 5.41) is 3.11. The van der Waals surface area contributed by atoms with Crippen molar-refractivity contribution in [3.8, 4) is 0 Å². The Kier molecular flexibility index (Phi) is 3.89. The average molecular weight is 336 g/mol. The van der Waals surface area contributed by atoms with Gasteiger partial charge in [0.25, 0.3) is 5.91 Å². The summed E-state index contributed by atoms with van der Waals surface area (Å²) in [6.45, 7) is 2.85. The second-order valence-electron chi connectivity index (χ2n) is 6.62. The normalized spacial score (nSPS) is 20.9. The summed E-state index contributed by atoms with van der Waals surface area (Å²) >= 11 is 3.46. The maximum absolute atomic E-state index is 12.2. The molecule has 0 heterocycles. The molecule has 0 saturated heterocycles. The molecule has 3 rings (SSSR count). The quantitative estimate of drug-likeness (QED) is 0.868. The second-order valence-corrected chi connectivity index (χ2v) is 7.47. The summed E-state index contributed by atoms with van der Waals surface area (Å²) in [6, 6.07) is 5.77. The van der Waals surface area contributed by atoms with E-state index in [-0.39, 0.29) is 5.91 Å². The maximum atomic E-state index is 12.2. The number of hydrogen-bond acceptors (Lipinski definition) is 1. The van der Waals surface area contributed by atoms with Crippen LogP contribution >= 0.6 is 15.9 Å². The number of amides is 1. The minimum absolute atomic E-state index is 0.0623. The lowest BCUT2D eigenvalue weighted by Gasteiger charge is -2.28. The van der Waals surface area contributed by atoms with E-state index in [1.54, 1.807) is 0 Å². The van der Waals surface area contributed by atoms with Gasteiger partial charge in [0.05, 0.1) is 0 Å². The van der Waals surface area contributed by atoms with Gasteiger partial charge < -0.3 is 5.32 Å². The van der Waals surface area contributed by atoms with Gasteiger partial charge in [0, 0.05) is 16.6 Å². The minimum atomic E-state index is 0.0623. The molecule has 2 saturated carbocycles. The van der Waals surface area contributed by atoms with Gasteiger partial charge in [-0.05, 0) is 80.5 Å². The standard InChI is InChI=1S/C17H22BrNO/c1-12-10-14(2-3-15(12)18)16(20)19-11-13-4-6-17(7-5-13)8-9-17/h2-3,10,13H,4-9,11H2,1H3,(H,19,20). The maximum Gasteiger partial charge on any atom is 0.251 e. The molecule has 3 heteroatoms. The van der Waals surface area contributed by atoms with Gasteiger partial charge in [-0.15, -0.1) is 0 Å². The Balaban J connectivity index is 1.50. The lowest BCUT2D eigenvalue weighted by Crippen LogP contribution is -2.31. The van der Waals surface area contributed by atoms with Gasteiger partial charge in [0.1, 0.15) is 0 Å². The summed E-state index contributed by atoms with van der Waals surface area (Å²) in [5.41, 5.74) is 2.61. The molecule has 1 aromatic carbocycles. The van der Waals surface area contributed by atoms with Gasteiger partial charge in [0.2, 0.25) is 0 Å². The van der Waals surface area contributed by atoms with Crippen LogP contribution in [0.1, 0.15) is 54.4 Å².